The van der Waals surface area contributed by atoms with Crippen molar-refractivity contribution in [3.05, 3.63) is 69.1 Å². The molecule has 0 spiro atoms. The second kappa shape index (κ2) is 7.85. The van der Waals surface area contributed by atoms with Gasteiger partial charge in [0.05, 0.1) is 10.1 Å². The zero-order valence-electron chi connectivity index (χ0n) is 15.4. The first kappa shape index (κ1) is 19.4. The van der Waals surface area contributed by atoms with E-state index in [1.807, 2.05) is 12.1 Å². The molecule has 2 aliphatic rings. The molecule has 0 amide bonds. The van der Waals surface area contributed by atoms with Gasteiger partial charge in [-0.15, -0.1) is 0 Å². The van der Waals surface area contributed by atoms with Crippen molar-refractivity contribution in [2.75, 3.05) is 13.2 Å². The van der Waals surface area contributed by atoms with Crippen LogP contribution in [-0.4, -0.2) is 31.9 Å². The Morgan fingerprint density at radius 2 is 1.71 bits per heavy atom. The summed E-state index contributed by atoms with van der Waals surface area (Å²) in [5.74, 6) is 0.331. The second-order valence-corrected chi connectivity index (χ2v) is 9.98. The number of allylic oxidation sites excluding steroid dienone is 1. The number of aromatic nitrogens is 1. The number of pyridine rings is 1. The van der Waals surface area contributed by atoms with Gasteiger partial charge in [0.25, 0.3) is 5.56 Å². The minimum Gasteiger partial charge on any atom is -0.381 e. The van der Waals surface area contributed by atoms with E-state index in [1.165, 1.54) is 0 Å². The molecule has 1 aliphatic heterocycles. The molecule has 7 heteroatoms. The van der Waals surface area contributed by atoms with Crippen molar-refractivity contribution in [2.45, 2.75) is 35.8 Å². The van der Waals surface area contributed by atoms with Crippen molar-refractivity contribution in [2.24, 2.45) is 5.92 Å². The van der Waals surface area contributed by atoms with Gasteiger partial charge < -0.3 is 9.72 Å². The van der Waals surface area contributed by atoms with E-state index in [2.05, 4.69) is 11.1 Å². The molecule has 0 radical (unpaired) electrons. The summed E-state index contributed by atoms with van der Waals surface area (Å²) in [5, 5.41) is -0.0942. The van der Waals surface area contributed by atoms with Gasteiger partial charge in [-0.1, -0.05) is 29.8 Å². The van der Waals surface area contributed by atoms with Crippen LogP contribution in [0.5, 0.6) is 0 Å². The van der Waals surface area contributed by atoms with Gasteiger partial charge in [-0.3, -0.25) is 4.79 Å². The first-order chi connectivity index (χ1) is 13.4. The van der Waals surface area contributed by atoms with Crippen LogP contribution in [0.3, 0.4) is 0 Å². The van der Waals surface area contributed by atoms with Crippen LogP contribution in [0.25, 0.3) is 5.57 Å². The van der Waals surface area contributed by atoms with Crippen LogP contribution in [0.4, 0.5) is 0 Å². The van der Waals surface area contributed by atoms with E-state index in [4.69, 9.17) is 16.3 Å². The van der Waals surface area contributed by atoms with E-state index < -0.39 is 9.84 Å². The molecule has 1 saturated carbocycles. The molecule has 2 fully saturated rings. The highest BCUT2D eigenvalue weighted by molar-refractivity contribution is 7.92. The number of nitrogens with one attached hydrogen (secondary N) is 1. The molecule has 2 heterocycles. The zero-order valence-corrected chi connectivity index (χ0v) is 16.9. The average Bonchev–Trinajstić information content (AvgIpc) is 3.55. The first-order valence-corrected chi connectivity index (χ1v) is 11.4. The van der Waals surface area contributed by atoms with Gasteiger partial charge in [-0.05, 0) is 61.4 Å². The van der Waals surface area contributed by atoms with E-state index in [0.29, 0.717) is 29.7 Å². The summed E-state index contributed by atoms with van der Waals surface area (Å²) in [6.45, 7) is 1.42. The van der Waals surface area contributed by atoms with Gasteiger partial charge in [-0.2, -0.15) is 0 Å². The van der Waals surface area contributed by atoms with Gasteiger partial charge in [-0.25, -0.2) is 8.42 Å². The lowest BCUT2D eigenvalue weighted by molar-refractivity contribution is 0.0786. The Kier molecular flexibility index (Phi) is 5.45. The summed E-state index contributed by atoms with van der Waals surface area (Å²) in [6, 6.07) is 10.3. The summed E-state index contributed by atoms with van der Waals surface area (Å²) < 4.78 is 30.3. The molecule has 1 N–H and O–H groups in total. The maximum atomic E-state index is 12.5. The fourth-order valence-corrected chi connectivity index (χ4v) is 5.23. The number of aromatic amines is 1. The molecule has 0 unspecified atom stereocenters. The Hall–Kier alpha value is -1.89. The normalized spacial score (nSPS) is 19.0. The maximum absolute atomic E-state index is 12.5. The Bertz CT molecular complexity index is 1050. The first-order valence-electron chi connectivity index (χ1n) is 9.48. The average molecular weight is 420 g/mol. The summed E-state index contributed by atoms with van der Waals surface area (Å²) in [6.07, 6.45) is 5.45. The fourth-order valence-electron chi connectivity index (χ4n) is 3.47. The Morgan fingerprint density at radius 1 is 1.04 bits per heavy atom. The standard InChI is InChI=1S/C21H22ClNO4S/c22-19-7-8-20(23-21(19)24)18(13-14-9-11-27-12-10-14)15-1-3-16(4-2-15)28(25,26)17-5-6-17/h1-4,7-8,13-14,17H,5-6,9-12H2,(H,23,24)/b18-13-. The lowest BCUT2D eigenvalue weighted by Gasteiger charge is -2.21. The number of H-pyrrole nitrogens is 1. The van der Waals surface area contributed by atoms with Crippen molar-refractivity contribution >= 4 is 27.0 Å². The molecule has 1 aromatic heterocycles. The van der Waals surface area contributed by atoms with Crippen molar-refractivity contribution in [3.63, 3.8) is 0 Å². The van der Waals surface area contributed by atoms with Crippen LogP contribution < -0.4 is 5.56 Å². The van der Waals surface area contributed by atoms with Gasteiger partial charge in [0.15, 0.2) is 9.84 Å². The van der Waals surface area contributed by atoms with Gasteiger partial charge in [0.2, 0.25) is 0 Å². The molecule has 1 aromatic carbocycles. The predicted molar refractivity (Wildman–Crippen MR) is 109 cm³/mol. The SMILES string of the molecule is O=c1[nH]c(/C(=C\C2CCOCC2)c2ccc(S(=O)(=O)C3CC3)cc2)ccc1Cl. The number of rotatable bonds is 5. The van der Waals surface area contributed by atoms with Crippen LogP contribution in [-0.2, 0) is 14.6 Å². The van der Waals surface area contributed by atoms with Crippen molar-refractivity contribution in [1.82, 2.24) is 4.98 Å². The van der Waals surface area contributed by atoms with E-state index in [-0.39, 0.29) is 15.8 Å². The third-order valence-corrected chi connectivity index (χ3v) is 7.85. The number of hydrogen-bond donors (Lipinski definition) is 1. The zero-order chi connectivity index (χ0) is 19.7. The Labute approximate surface area is 169 Å². The molecule has 148 valence electrons. The smallest absolute Gasteiger partial charge is 0.267 e. The van der Waals surface area contributed by atoms with E-state index in [1.54, 1.807) is 24.3 Å². The highest BCUT2D eigenvalue weighted by atomic mass is 35.5. The molecular formula is C21H22ClNO4S. The lowest BCUT2D eigenvalue weighted by Crippen LogP contribution is -2.15. The van der Waals surface area contributed by atoms with Crippen molar-refractivity contribution < 1.29 is 13.2 Å². The summed E-state index contributed by atoms with van der Waals surface area (Å²) in [5.41, 5.74) is 2.05. The summed E-state index contributed by atoms with van der Waals surface area (Å²) >= 11 is 5.88. The molecule has 1 saturated heterocycles. The number of halogens is 1. The number of ether oxygens (including phenoxy) is 1. The minimum atomic E-state index is -3.22. The number of hydrogen-bond acceptors (Lipinski definition) is 4. The van der Waals surface area contributed by atoms with Gasteiger partial charge >= 0.3 is 0 Å². The van der Waals surface area contributed by atoms with Gasteiger partial charge in [0.1, 0.15) is 5.02 Å². The molecule has 28 heavy (non-hydrogen) atoms. The minimum absolute atomic E-state index is 0.139. The molecule has 0 atom stereocenters. The maximum Gasteiger partial charge on any atom is 0.267 e. The quantitative estimate of drug-likeness (QED) is 0.799. The van der Waals surface area contributed by atoms with Crippen LogP contribution >= 0.6 is 11.6 Å². The molecule has 2 aromatic rings. The van der Waals surface area contributed by atoms with Crippen LogP contribution in [0.15, 0.2) is 52.2 Å². The van der Waals surface area contributed by atoms with Crippen LogP contribution in [0, 0.1) is 5.92 Å². The third kappa shape index (κ3) is 4.09. The van der Waals surface area contributed by atoms with E-state index in [9.17, 15) is 13.2 Å². The fraction of sp³-hybridized carbons (Fsp3) is 0.381. The Balaban J connectivity index is 1.73. The molecule has 0 bridgehead atoms. The molecule has 1 aliphatic carbocycles. The highest BCUT2D eigenvalue weighted by Crippen LogP contribution is 2.34. The van der Waals surface area contributed by atoms with Crippen molar-refractivity contribution in [3.8, 4) is 0 Å². The molecular weight excluding hydrogens is 398 g/mol. The number of benzene rings is 1. The summed E-state index contributed by atoms with van der Waals surface area (Å²) in [4.78, 5) is 15.2. The van der Waals surface area contributed by atoms with E-state index in [0.717, 1.165) is 36.8 Å². The van der Waals surface area contributed by atoms with Crippen LogP contribution in [0.1, 0.15) is 36.9 Å². The molecule has 4 rings (SSSR count). The lowest BCUT2D eigenvalue weighted by atomic mass is 9.92. The molecule has 5 nitrogen and oxygen atoms in total. The number of sulfone groups is 1. The van der Waals surface area contributed by atoms with Crippen LogP contribution in [0.2, 0.25) is 5.02 Å². The monoisotopic (exact) mass is 419 g/mol. The predicted octanol–water partition coefficient (Wildman–Crippen LogP) is 3.82. The summed E-state index contributed by atoms with van der Waals surface area (Å²) in [7, 11) is -3.22. The van der Waals surface area contributed by atoms with Crippen molar-refractivity contribution in [1.29, 1.82) is 0 Å². The highest BCUT2D eigenvalue weighted by Gasteiger charge is 2.36. The second-order valence-electron chi connectivity index (χ2n) is 7.35. The third-order valence-electron chi connectivity index (χ3n) is 5.28. The topological polar surface area (TPSA) is 76.2 Å². The van der Waals surface area contributed by atoms with E-state index >= 15 is 0 Å². The van der Waals surface area contributed by atoms with Gasteiger partial charge in [0, 0.05) is 24.5 Å². The largest absolute Gasteiger partial charge is 0.381 e. The Morgan fingerprint density at radius 3 is 2.32 bits per heavy atom.